The van der Waals surface area contributed by atoms with Crippen molar-refractivity contribution in [1.29, 1.82) is 0 Å². The van der Waals surface area contributed by atoms with Gasteiger partial charge in [0.25, 0.3) is 0 Å². The van der Waals surface area contributed by atoms with E-state index in [-0.39, 0.29) is 6.04 Å². The summed E-state index contributed by atoms with van der Waals surface area (Å²) in [6, 6.07) is -0.148. The highest BCUT2D eigenvalue weighted by molar-refractivity contribution is 7.05. The van der Waals surface area contributed by atoms with Gasteiger partial charge >= 0.3 is 0 Å². The third kappa shape index (κ3) is 2.80. The van der Waals surface area contributed by atoms with Crippen molar-refractivity contribution in [2.75, 3.05) is 0 Å². The van der Waals surface area contributed by atoms with E-state index in [1.807, 2.05) is 14.0 Å². The summed E-state index contributed by atoms with van der Waals surface area (Å²) in [5, 5.41) is 9.16. The number of halogens is 1. The Morgan fingerprint density at radius 2 is 2.11 bits per heavy atom. The summed E-state index contributed by atoms with van der Waals surface area (Å²) in [5.74, 6) is 0.323. The fraction of sp³-hybridized carbons (Fsp3) is 0.583. The van der Waals surface area contributed by atoms with Crippen LogP contribution in [0, 0.1) is 6.92 Å². The molecule has 0 radical (unpaired) electrons. The van der Waals surface area contributed by atoms with E-state index in [4.69, 9.17) is 17.3 Å². The summed E-state index contributed by atoms with van der Waals surface area (Å²) >= 11 is 7.62. The second kappa shape index (κ2) is 5.56. The third-order valence-corrected chi connectivity index (χ3v) is 4.46. The number of hydrogen-bond acceptors (Lipinski definition) is 5. The molecule has 0 aliphatic heterocycles. The molecule has 0 aliphatic carbocycles. The van der Waals surface area contributed by atoms with E-state index in [1.165, 1.54) is 11.5 Å². The molecule has 0 aliphatic rings. The fourth-order valence-electron chi connectivity index (χ4n) is 2.06. The van der Waals surface area contributed by atoms with Gasteiger partial charge in [0.15, 0.2) is 0 Å². The molecule has 1 unspecified atom stereocenters. The summed E-state index contributed by atoms with van der Waals surface area (Å²) in [7, 11) is 1.88. The zero-order valence-electron chi connectivity index (χ0n) is 11.5. The zero-order chi connectivity index (χ0) is 14.2. The molecule has 104 valence electrons. The molecule has 7 heteroatoms. The molecule has 2 aromatic heterocycles. The Morgan fingerprint density at radius 1 is 1.42 bits per heavy atom. The largest absolute Gasteiger partial charge is 0.323 e. The van der Waals surface area contributed by atoms with Gasteiger partial charge < -0.3 is 5.73 Å². The Balaban J connectivity index is 2.26. The van der Waals surface area contributed by atoms with Crippen molar-refractivity contribution in [3.8, 4) is 0 Å². The van der Waals surface area contributed by atoms with Gasteiger partial charge in [-0.25, -0.2) is 0 Å². The predicted octanol–water partition coefficient (Wildman–Crippen LogP) is 2.60. The molecular weight excluding hydrogens is 282 g/mol. The molecule has 0 bridgehead atoms. The molecule has 19 heavy (non-hydrogen) atoms. The van der Waals surface area contributed by atoms with Gasteiger partial charge in [-0.05, 0) is 24.4 Å². The third-order valence-electron chi connectivity index (χ3n) is 3.10. The van der Waals surface area contributed by atoms with E-state index >= 15 is 0 Å². The van der Waals surface area contributed by atoms with Crippen molar-refractivity contribution < 1.29 is 0 Å². The number of rotatable bonds is 4. The first-order valence-electron chi connectivity index (χ1n) is 6.17. The Morgan fingerprint density at radius 3 is 2.63 bits per heavy atom. The minimum atomic E-state index is -0.148. The van der Waals surface area contributed by atoms with Crippen LogP contribution >= 0.6 is 23.1 Å². The van der Waals surface area contributed by atoms with Crippen LogP contribution in [-0.2, 0) is 13.5 Å². The van der Waals surface area contributed by atoms with Crippen molar-refractivity contribution >= 4 is 23.1 Å². The molecule has 2 heterocycles. The van der Waals surface area contributed by atoms with Gasteiger partial charge in [0.05, 0.1) is 27.0 Å². The van der Waals surface area contributed by atoms with Crippen LogP contribution in [0.1, 0.15) is 47.8 Å². The Bertz CT molecular complexity index is 575. The normalized spacial score (nSPS) is 13.2. The molecule has 0 aromatic carbocycles. The summed E-state index contributed by atoms with van der Waals surface area (Å²) in [4.78, 5) is 1.03. The molecule has 0 amide bonds. The first-order chi connectivity index (χ1) is 8.91. The Labute approximate surface area is 121 Å². The van der Waals surface area contributed by atoms with E-state index in [2.05, 4.69) is 28.5 Å². The maximum atomic E-state index is 6.29. The SMILES string of the molecule is Cc1nn(C)c(CC(N)c2snnc2C(C)C)c1Cl. The van der Waals surface area contributed by atoms with E-state index in [9.17, 15) is 0 Å². The van der Waals surface area contributed by atoms with Gasteiger partial charge in [0.2, 0.25) is 0 Å². The van der Waals surface area contributed by atoms with Gasteiger partial charge in [0.1, 0.15) is 0 Å². The Kier molecular flexibility index (Phi) is 4.23. The average Bonchev–Trinajstić information content (AvgIpc) is 2.90. The smallest absolute Gasteiger partial charge is 0.0847 e. The van der Waals surface area contributed by atoms with Crippen LogP contribution < -0.4 is 5.73 Å². The van der Waals surface area contributed by atoms with Crippen LogP contribution in [0.25, 0.3) is 0 Å². The van der Waals surface area contributed by atoms with E-state index in [0.717, 1.165) is 22.0 Å². The molecule has 2 rings (SSSR count). The van der Waals surface area contributed by atoms with Gasteiger partial charge in [-0.15, -0.1) is 5.10 Å². The van der Waals surface area contributed by atoms with Crippen molar-refractivity contribution in [2.24, 2.45) is 12.8 Å². The molecule has 5 nitrogen and oxygen atoms in total. The maximum absolute atomic E-state index is 6.29. The lowest BCUT2D eigenvalue weighted by molar-refractivity contribution is 0.636. The van der Waals surface area contributed by atoms with Crippen LogP contribution in [0.15, 0.2) is 0 Å². The maximum Gasteiger partial charge on any atom is 0.0847 e. The number of nitrogens with two attached hydrogens (primary N) is 1. The van der Waals surface area contributed by atoms with Crippen molar-refractivity contribution in [3.63, 3.8) is 0 Å². The van der Waals surface area contributed by atoms with E-state index in [1.54, 1.807) is 4.68 Å². The minimum Gasteiger partial charge on any atom is -0.323 e. The number of aromatic nitrogens is 4. The van der Waals surface area contributed by atoms with Crippen LogP contribution in [0.3, 0.4) is 0 Å². The molecule has 2 aromatic rings. The fourth-order valence-corrected chi connectivity index (χ4v) is 3.11. The van der Waals surface area contributed by atoms with Gasteiger partial charge in [-0.1, -0.05) is 29.9 Å². The molecule has 2 N–H and O–H groups in total. The molecule has 0 saturated heterocycles. The molecule has 0 fully saturated rings. The molecule has 0 spiro atoms. The molecule has 1 atom stereocenters. The van der Waals surface area contributed by atoms with Crippen LogP contribution in [0.5, 0.6) is 0 Å². The first kappa shape index (κ1) is 14.4. The lowest BCUT2D eigenvalue weighted by Crippen LogP contribution is -2.16. The number of nitrogens with zero attached hydrogens (tertiary/aromatic N) is 4. The highest BCUT2D eigenvalue weighted by Gasteiger charge is 2.21. The van der Waals surface area contributed by atoms with E-state index < -0.39 is 0 Å². The summed E-state index contributed by atoms with van der Waals surface area (Å²) in [6.45, 7) is 6.08. The monoisotopic (exact) mass is 299 g/mol. The van der Waals surface area contributed by atoms with Crippen LogP contribution in [0.4, 0.5) is 0 Å². The summed E-state index contributed by atoms with van der Waals surface area (Å²) < 4.78 is 5.81. The van der Waals surface area contributed by atoms with Gasteiger partial charge in [-0.2, -0.15) is 5.10 Å². The average molecular weight is 300 g/mol. The van der Waals surface area contributed by atoms with Crippen molar-refractivity contribution in [2.45, 2.75) is 39.2 Å². The highest BCUT2D eigenvalue weighted by atomic mass is 35.5. The van der Waals surface area contributed by atoms with Crippen LogP contribution in [0.2, 0.25) is 5.02 Å². The second-order valence-electron chi connectivity index (χ2n) is 4.96. The number of hydrogen-bond donors (Lipinski definition) is 1. The van der Waals surface area contributed by atoms with Crippen LogP contribution in [-0.4, -0.2) is 19.4 Å². The van der Waals surface area contributed by atoms with Gasteiger partial charge in [-0.3, -0.25) is 4.68 Å². The lowest BCUT2D eigenvalue weighted by atomic mass is 10.0. The van der Waals surface area contributed by atoms with Crippen molar-refractivity contribution in [1.82, 2.24) is 19.4 Å². The lowest BCUT2D eigenvalue weighted by Gasteiger charge is -2.12. The van der Waals surface area contributed by atoms with E-state index in [0.29, 0.717) is 17.4 Å². The van der Waals surface area contributed by atoms with Gasteiger partial charge in [0, 0.05) is 19.5 Å². The summed E-state index contributed by atoms with van der Waals surface area (Å²) in [5.41, 5.74) is 9.05. The zero-order valence-corrected chi connectivity index (χ0v) is 13.1. The minimum absolute atomic E-state index is 0.148. The predicted molar refractivity (Wildman–Crippen MR) is 77.6 cm³/mol. The topological polar surface area (TPSA) is 69.6 Å². The summed E-state index contributed by atoms with van der Waals surface area (Å²) in [6.07, 6.45) is 0.639. The standard InChI is InChI=1S/C12H18ClN5S/c1-6(2)11-12(19-17-15-11)8(14)5-9-10(13)7(3)16-18(9)4/h6,8H,5,14H2,1-4H3. The highest BCUT2D eigenvalue weighted by Crippen LogP contribution is 2.29. The second-order valence-corrected chi connectivity index (χ2v) is 6.12. The number of aryl methyl sites for hydroxylation is 2. The molecular formula is C12H18ClN5S. The first-order valence-corrected chi connectivity index (χ1v) is 7.32. The molecule has 0 saturated carbocycles. The quantitative estimate of drug-likeness (QED) is 0.942. The Hall–Kier alpha value is -0.980. The van der Waals surface area contributed by atoms with Crippen molar-refractivity contribution in [3.05, 3.63) is 27.0 Å².